The lowest BCUT2D eigenvalue weighted by Crippen LogP contribution is -2.55. The molecule has 1 aliphatic rings. The molecule has 0 saturated carbocycles. The summed E-state index contributed by atoms with van der Waals surface area (Å²) < 4.78 is 23.3. The summed E-state index contributed by atoms with van der Waals surface area (Å²) in [6.45, 7) is 11.6. The van der Waals surface area contributed by atoms with E-state index in [1.54, 1.807) is 31.9 Å². The van der Waals surface area contributed by atoms with Crippen LogP contribution in [0.1, 0.15) is 70.6 Å². The molecule has 10 heteroatoms. The van der Waals surface area contributed by atoms with Crippen LogP contribution < -0.4 is 5.32 Å². The predicted octanol–water partition coefficient (Wildman–Crippen LogP) is 6.99. The summed E-state index contributed by atoms with van der Waals surface area (Å²) in [4.78, 5) is 47.6. The normalized spacial score (nSPS) is 13.7. The van der Waals surface area contributed by atoms with Crippen LogP contribution in [0.25, 0.3) is 22.0 Å². The molecule has 1 N–H and O–H groups in total. The number of carbonyl (C=O) groups is 3. The van der Waals surface area contributed by atoms with Crippen LogP contribution in [0.15, 0.2) is 85.1 Å². The number of nitrogens with one attached hydrogen (secondary N) is 1. The number of amides is 2. The van der Waals surface area contributed by atoms with Gasteiger partial charge in [0, 0.05) is 37.3 Å². The van der Waals surface area contributed by atoms with E-state index in [1.165, 1.54) is 0 Å². The number of benzene rings is 3. The van der Waals surface area contributed by atoms with Gasteiger partial charge in [-0.25, -0.2) is 4.79 Å². The Hall–Kier alpha value is -4.80. The number of carbonyl (C=O) groups excluding carboxylic acids is 3. The summed E-state index contributed by atoms with van der Waals surface area (Å²) in [6.07, 6.45) is -0.298. The van der Waals surface area contributed by atoms with Crippen molar-refractivity contribution in [3.63, 3.8) is 0 Å². The molecular formula is C40H47N3O7. The number of hydrogen-bond acceptors (Lipinski definition) is 8. The smallest absolute Gasteiger partial charge is 0.407 e. The third kappa shape index (κ3) is 8.67. The lowest BCUT2D eigenvalue weighted by Gasteiger charge is -2.36. The zero-order valence-corrected chi connectivity index (χ0v) is 29.7. The van der Waals surface area contributed by atoms with Crippen LogP contribution in [-0.2, 0) is 35.1 Å². The van der Waals surface area contributed by atoms with Gasteiger partial charge in [-0.3, -0.25) is 14.6 Å². The standard InChI is InChI=1S/C40H47N3O7/c1-7-47-38(48-8-2)26(3)43(24-28-16-13-15-27-17-14-22-41-36(27)28)37(45)34(23-35(44)50-40(4,5)6)42-39(46)49-25-33-31-20-11-9-18-29(31)30-19-10-12-21-32(30)33/h9-22,26,33-34,38H,7-8,23-25H2,1-6H3,(H,42,46). The van der Waals surface area contributed by atoms with Gasteiger partial charge in [0.15, 0.2) is 6.29 Å². The first-order chi connectivity index (χ1) is 24.0. The Kier molecular flexibility index (Phi) is 11.9. The highest BCUT2D eigenvalue weighted by Crippen LogP contribution is 2.44. The molecule has 0 radical (unpaired) electrons. The molecule has 264 valence electrons. The predicted molar refractivity (Wildman–Crippen MR) is 191 cm³/mol. The van der Waals surface area contributed by atoms with E-state index in [4.69, 9.17) is 18.9 Å². The lowest BCUT2D eigenvalue weighted by molar-refractivity contribution is -0.180. The minimum absolute atomic E-state index is 0.0474. The van der Waals surface area contributed by atoms with Gasteiger partial charge in [0.2, 0.25) is 5.91 Å². The number of ether oxygens (including phenoxy) is 4. The topological polar surface area (TPSA) is 116 Å². The molecular weight excluding hydrogens is 634 g/mol. The maximum atomic E-state index is 14.7. The minimum atomic E-state index is -1.31. The Bertz CT molecular complexity index is 1750. The summed E-state index contributed by atoms with van der Waals surface area (Å²) in [5.41, 5.74) is 5.03. The molecule has 5 rings (SSSR count). The maximum absolute atomic E-state index is 14.7. The number of fused-ring (bicyclic) bond motifs is 4. The van der Waals surface area contributed by atoms with E-state index in [1.807, 2.05) is 87.5 Å². The minimum Gasteiger partial charge on any atom is -0.460 e. The van der Waals surface area contributed by atoms with Crippen molar-refractivity contribution in [1.29, 1.82) is 0 Å². The van der Waals surface area contributed by atoms with Crippen molar-refractivity contribution in [1.82, 2.24) is 15.2 Å². The van der Waals surface area contributed by atoms with Gasteiger partial charge in [-0.05, 0) is 75.4 Å². The van der Waals surface area contributed by atoms with Crippen LogP contribution in [0, 0.1) is 0 Å². The summed E-state index contributed by atoms with van der Waals surface area (Å²) in [6, 6.07) is 23.7. The molecule has 0 saturated heterocycles. The first kappa shape index (κ1) is 36.5. The van der Waals surface area contributed by atoms with E-state index in [-0.39, 0.29) is 19.1 Å². The van der Waals surface area contributed by atoms with E-state index >= 15 is 0 Å². The van der Waals surface area contributed by atoms with E-state index in [2.05, 4.69) is 22.4 Å². The van der Waals surface area contributed by atoms with Crippen LogP contribution in [0.4, 0.5) is 4.79 Å². The Morgan fingerprint density at radius 3 is 2.10 bits per heavy atom. The molecule has 2 unspecified atom stereocenters. The molecule has 50 heavy (non-hydrogen) atoms. The third-order valence-corrected chi connectivity index (χ3v) is 8.61. The largest absolute Gasteiger partial charge is 0.460 e. The summed E-state index contributed by atoms with van der Waals surface area (Å²) >= 11 is 0. The second kappa shape index (κ2) is 16.3. The van der Waals surface area contributed by atoms with Crippen molar-refractivity contribution in [2.45, 2.75) is 84.4 Å². The number of aromatic nitrogens is 1. The first-order valence-corrected chi connectivity index (χ1v) is 17.2. The average molecular weight is 682 g/mol. The van der Waals surface area contributed by atoms with Crippen molar-refractivity contribution >= 4 is 28.9 Å². The molecule has 0 aliphatic heterocycles. The second-order valence-electron chi connectivity index (χ2n) is 13.3. The Balaban J connectivity index is 1.43. The van der Waals surface area contributed by atoms with Crippen molar-refractivity contribution < 1.29 is 33.3 Å². The lowest BCUT2D eigenvalue weighted by atomic mass is 9.98. The molecule has 0 fully saturated rings. The second-order valence-corrected chi connectivity index (χ2v) is 13.3. The van der Waals surface area contributed by atoms with Crippen molar-refractivity contribution in [3.05, 3.63) is 102 Å². The fourth-order valence-electron chi connectivity index (χ4n) is 6.44. The summed E-state index contributed by atoms with van der Waals surface area (Å²) in [5, 5.41) is 3.63. The van der Waals surface area contributed by atoms with E-state index in [9.17, 15) is 14.4 Å². The molecule has 0 bridgehead atoms. The highest BCUT2D eigenvalue weighted by Gasteiger charge is 2.37. The molecule has 3 aromatic carbocycles. The highest BCUT2D eigenvalue weighted by atomic mass is 16.7. The first-order valence-electron chi connectivity index (χ1n) is 17.2. The van der Waals surface area contributed by atoms with Gasteiger partial charge in [0.05, 0.1) is 18.0 Å². The summed E-state index contributed by atoms with van der Waals surface area (Å²) in [5.74, 6) is -1.34. The quantitative estimate of drug-likeness (QED) is 0.112. The monoisotopic (exact) mass is 681 g/mol. The third-order valence-electron chi connectivity index (χ3n) is 8.61. The van der Waals surface area contributed by atoms with E-state index < -0.39 is 48.4 Å². The summed E-state index contributed by atoms with van der Waals surface area (Å²) in [7, 11) is 0. The van der Waals surface area contributed by atoms with Crippen LogP contribution in [0.3, 0.4) is 0 Å². The number of rotatable bonds is 14. The molecule has 10 nitrogen and oxygen atoms in total. The van der Waals surface area contributed by atoms with Gasteiger partial charge in [-0.2, -0.15) is 0 Å². The van der Waals surface area contributed by atoms with E-state index in [0.717, 1.165) is 38.7 Å². The number of alkyl carbamates (subject to hydrolysis) is 1. The van der Waals surface area contributed by atoms with Gasteiger partial charge in [0.25, 0.3) is 0 Å². The molecule has 1 aliphatic carbocycles. The van der Waals surface area contributed by atoms with Crippen LogP contribution >= 0.6 is 0 Å². The van der Waals surface area contributed by atoms with E-state index in [0.29, 0.717) is 13.2 Å². The Labute approximate surface area is 294 Å². The fraction of sp³-hybridized carbons (Fsp3) is 0.400. The fourth-order valence-corrected chi connectivity index (χ4v) is 6.44. The number of esters is 1. The molecule has 2 amide bonds. The van der Waals surface area contributed by atoms with Gasteiger partial charge in [-0.15, -0.1) is 0 Å². The zero-order chi connectivity index (χ0) is 35.8. The number of nitrogens with zero attached hydrogens (tertiary/aromatic N) is 2. The number of hydrogen-bond donors (Lipinski definition) is 1. The highest BCUT2D eigenvalue weighted by molar-refractivity contribution is 5.90. The van der Waals surface area contributed by atoms with Crippen LogP contribution in [0.5, 0.6) is 0 Å². The number of para-hydroxylation sites is 1. The van der Waals surface area contributed by atoms with Gasteiger partial charge in [-0.1, -0.05) is 72.8 Å². The molecule has 1 aromatic heterocycles. The maximum Gasteiger partial charge on any atom is 0.407 e. The van der Waals surface area contributed by atoms with Gasteiger partial charge >= 0.3 is 12.1 Å². The van der Waals surface area contributed by atoms with Gasteiger partial charge in [0.1, 0.15) is 18.2 Å². The Morgan fingerprint density at radius 1 is 0.860 bits per heavy atom. The van der Waals surface area contributed by atoms with Crippen molar-refractivity contribution in [2.24, 2.45) is 0 Å². The van der Waals surface area contributed by atoms with Crippen molar-refractivity contribution in [2.75, 3.05) is 19.8 Å². The Morgan fingerprint density at radius 2 is 1.48 bits per heavy atom. The SMILES string of the molecule is CCOC(OCC)C(C)N(Cc1cccc2cccnc12)C(=O)C(CC(=O)OC(C)(C)C)NC(=O)OCC1c2ccccc2-c2ccccc21. The van der Waals surface area contributed by atoms with Gasteiger partial charge < -0.3 is 29.2 Å². The molecule has 2 atom stereocenters. The zero-order valence-electron chi connectivity index (χ0n) is 29.7. The number of pyridine rings is 1. The molecule has 4 aromatic rings. The van der Waals surface area contributed by atoms with Crippen LogP contribution in [0.2, 0.25) is 0 Å². The molecule has 1 heterocycles. The molecule has 0 spiro atoms. The van der Waals surface area contributed by atoms with Crippen molar-refractivity contribution in [3.8, 4) is 11.1 Å². The average Bonchev–Trinajstić information content (AvgIpc) is 3.41. The van der Waals surface area contributed by atoms with Crippen LogP contribution in [-0.4, -0.2) is 71.6 Å².